The van der Waals surface area contributed by atoms with Gasteiger partial charge in [-0.25, -0.2) is 4.58 Å². The summed E-state index contributed by atoms with van der Waals surface area (Å²) in [4.78, 5) is 0. The average Bonchev–Trinajstić information content (AvgIpc) is 3.22. The lowest BCUT2D eigenvalue weighted by Gasteiger charge is -2.29. The van der Waals surface area contributed by atoms with Gasteiger partial charge in [0.1, 0.15) is 0 Å². The molecule has 0 amide bonds. The Balaban J connectivity index is 1.69. The predicted molar refractivity (Wildman–Crippen MR) is 83.9 cm³/mol. The van der Waals surface area contributed by atoms with E-state index in [-0.39, 0.29) is 0 Å². The average molecular weight is 262 g/mol. The van der Waals surface area contributed by atoms with Crippen molar-refractivity contribution >= 4 is 6.21 Å². The minimum Gasteiger partial charge on any atom is -0.219 e. The molecule has 0 aromatic rings. The van der Waals surface area contributed by atoms with Crippen LogP contribution >= 0.6 is 0 Å². The van der Waals surface area contributed by atoms with Crippen molar-refractivity contribution < 1.29 is 4.58 Å². The van der Waals surface area contributed by atoms with Crippen molar-refractivity contribution in [3.63, 3.8) is 0 Å². The molecular weight excluding hydrogens is 230 g/mol. The number of allylic oxidation sites excluding steroid dienone is 1. The van der Waals surface area contributed by atoms with Gasteiger partial charge in [0.2, 0.25) is 12.8 Å². The molecule has 1 nitrogen and oxygen atoms in total. The highest BCUT2D eigenvalue weighted by atomic mass is 15.2. The molecule has 2 aliphatic rings. The Labute approximate surface area is 119 Å². The standard InChI is InChI=1S/C18H32N/c1-6-16-12-17(16)9-7-8-15(4)13-18(5,14(2)3)19-10-11-19/h6,10,14-17H,1,7-9,11-13H2,2-5H3/q+1. The van der Waals surface area contributed by atoms with Crippen molar-refractivity contribution in [2.24, 2.45) is 23.7 Å². The quantitative estimate of drug-likeness (QED) is 0.424. The van der Waals surface area contributed by atoms with Crippen molar-refractivity contribution in [2.75, 3.05) is 6.54 Å². The topological polar surface area (TPSA) is 3.01 Å². The van der Waals surface area contributed by atoms with Crippen molar-refractivity contribution in [3.8, 4) is 0 Å². The third-order valence-corrected chi connectivity index (χ3v) is 5.58. The lowest BCUT2D eigenvalue weighted by atomic mass is 9.79. The van der Waals surface area contributed by atoms with Crippen molar-refractivity contribution in [3.05, 3.63) is 12.7 Å². The normalized spacial score (nSPS) is 29.6. The third kappa shape index (κ3) is 3.70. The van der Waals surface area contributed by atoms with Crippen LogP contribution in [0.3, 0.4) is 0 Å². The van der Waals surface area contributed by atoms with Crippen LogP contribution in [0, 0.1) is 23.7 Å². The molecule has 1 heterocycles. The monoisotopic (exact) mass is 262 g/mol. The van der Waals surface area contributed by atoms with Gasteiger partial charge in [-0.15, -0.1) is 6.58 Å². The van der Waals surface area contributed by atoms with E-state index in [1.807, 2.05) is 0 Å². The molecule has 0 aromatic carbocycles. The van der Waals surface area contributed by atoms with Gasteiger partial charge in [-0.05, 0) is 30.6 Å². The summed E-state index contributed by atoms with van der Waals surface area (Å²) in [6, 6.07) is 0. The van der Waals surface area contributed by atoms with E-state index in [2.05, 4.69) is 51.1 Å². The fraction of sp³-hybridized carbons (Fsp3) is 0.833. The van der Waals surface area contributed by atoms with Crippen LogP contribution in [0.2, 0.25) is 0 Å². The van der Waals surface area contributed by atoms with Gasteiger partial charge in [0.25, 0.3) is 0 Å². The SMILES string of the molecule is C=CC1CC1CCCC(C)CC(C)(C(C)C)[N+]1=CC1. The summed E-state index contributed by atoms with van der Waals surface area (Å²) in [7, 11) is 0. The Morgan fingerprint density at radius 1 is 1.42 bits per heavy atom. The molecule has 4 unspecified atom stereocenters. The molecule has 0 bridgehead atoms. The van der Waals surface area contributed by atoms with Crippen LogP contribution in [0.5, 0.6) is 0 Å². The number of hydrogen-bond acceptors (Lipinski definition) is 0. The van der Waals surface area contributed by atoms with Crippen LogP contribution in [0.1, 0.15) is 59.8 Å². The zero-order valence-electron chi connectivity index (χ0n) is 13.4. The van der Waals surface area contributed by atoms with E-state index in [1.54, 1.807) is 0 Å². The van der Waals surface area contributed by atoms with Gasteiger partial charge in [0.05, 0.1) is 0 Å². The van der Waals surface area contributed by atoms with Crippen molar-refractivity contribution in [1.82, 2.24) is 0 Å². The van der Waals surface area contributed by atoms with E-state index in [0.717, 1.165) is 23.7 Å². The fourth-order valence-electron chi connectivity index (χ4n) is 3.57. The summed E-state index contributed by atoms with van der Waals surface area (Å²) in [5.74, 6) is 3.41. The van der Waals surface area contributed by atoms with Crippen LogP contribution in [-0.4, -0.2) is 22.9 Å². The van der Waals surface area contributed by atoms with Gasteiger partial charge in [-0.2, -0.15) is 0 Å². The highest BCUT2D eigenvalue weighted by Crippen LogP contribution is 2.43. The van der Waals surface area contributed by atoms with E-state index in [9.17, 15) is 0 Å². The molecular formula is C18H32N+. The van der Waals surface area contributed by atoms with Gasteiger partial charge in [-0.1, -0.05) is 39.7 Å². The molecule has 0 saturated heterocycles. The van der Waals surface area contributed by atoms with Crippen LogP contribution in [0.25, 0.3) is 0 Å². The summed E-state index contributed by atoms with van der Waals surface area (Å²) in [6.07, 6.45) is 11.5. The lowest BCUT2D eigenvalue weighted by Crippen LogP contribution is -2.39. The second kappa shape index (κ2) is 5.81. The van der Waals surface area contributed by atoms with E-state index < -0.39 is 0 Å². The first-order valence-corrected chi connectivity index (χ1v) is 8.20. The van der Waals surface area contributed by atoms with Gasteiger partial charge >= 0.3 is 0 Å². The van der Waals surface area contributed by atoms with Gasteiger partial charge in [0.15, 0.2) is 5.54 Å². The molecule has 0 radical (unpaired) electrons. The van der Waals surface area contributed by atoms with E-state index in [1.165, 1.54) is 38.6 Å². The Morgan fingerprint density at radius 3 is 2.58 bits per heavy atom. The van der Waals surface area contributed by atoms with E-state index in [0.29, 0.717) is 5.54 Å². The summed E-state index contributed by atoms with van der Waals surface area (Å²) in [6.45, 7) is 14.7. The zero-order chi connectivity index (χ0) is 14.0. The Bertz CT molecular complexity index is 355. The maximum atomic E-state index is 3.90. The molecule has 1 heteroatoms. The molecule has 1 aliphatic carbocycles. The van der Waals surface area contributed by atoms with Crippen LogP contribution in [0.15, 0.2) is 12.7 Å². The number of nitrogens with zero attached hydrogens (tertiary/aromatic N) is 1. The number of hydrogen-bond donors (Lipinski definition) is 0. The maximum absolute atomic E-state index is 3.90. The molecule has 1 fully saturated rings. The Hall–Kier alpha value is -0.590. The van der Waals surface area contributed by atoms with Crippen LogP contribution < -0.4 is 0 Å². The van der Waals surface area contributed by atoms with Crippen molar-refractivity contribution in [1.29, 1.82) is 0 Å². The van der Waals surface area contributed by atoms with Crippen LogP contribution in [0.4, 0.5) is 0 Å². The molecule has 108 valence electrons. The highest BCUT2D eigenvalue weighted by Gasteiger charge is 2.45. The first kappa shape index (κ1) is 14.8. The Morgan fingerprint density at radius 2 is 2.11 bits per heavy atom. The number of rotatable bonds is 9. The molecule has 1 aliphatic heterocycles. The summed E-state index contributed by atoms with van der Waals surface area (Å²) < 4.78 is 2.54. The highest BCUT2D eigenvalue weighted by molar-refractivity contribution is 5.61. The molecule has 0 N–H and O–H groups in total. The molecule has 19 heavy (non-hydrogen) atoms. The third-order valence-electron chi connectivity index (χ3n) is 5.58. The van der Waals surface area contributed by atoms with Crippen molar-refractivity contribution in [2.45, 2.75) is 65.3 Å². The first-order valence-electron chi connectivity index (χ1n) is 8.20. The summed E-state index contributed by atoms with van der Waals surface area (Å²) >= 11 is 0. The van der Waals surface area contributed by atoms with Gasteiger partial charge < -0.3 is 0 Å². The summed E-state index contributed by atoms with van der Waals surface area (Å²) in [5.41, 5.74) is 0.392. The van der Waals surface area contributed by atoms with Gasteiger partial charge in [0, 0.05) is 19.3 Å². The molecule has 0 aromatic heterocycles. The molecule has 2 rings (SSSR count). The minimum atomic E-state index is 0.392. The molecule has 1 saturated carbocycles. The second-order valence-corrected chi connectivity index (χ2v) is 7.48. The maximum Gasteiger partial charge on any atom is 0.219 e. The fourth-order valence-corrected chi connectivity index (χ4v) is 3.57. The second-order valence-electron chi connectivity index (χ2n) is 7.48. The lowest BCUT2D eigenvalue weighted by molar-refractivity contribution is -0.542. The predicted octanol–water partition coefficient (Wildman–Crippen LogP) is 4.52. The van der Waals surface area contributed by atoms with E-state index in [4.69, 9.17) is 0 Å². The minimum absolute atomic E-state index is 0.392. The first-order chi connectivity index (χ1) is 8.97. The largest absolute Gasteiger partial charge is 0.219 e. The van der Waals surface area contributed by atoms with Gasteiger partial charge in [-0.3, -0.25) is 0 Å². The molecule has 4 atom stereocenters. The Kier molecular flexibility index (Phi) is 4.53. The summed E-state index contributed by atoms with van der Waals surface area (Å²) in [5, 5.41) is 0. The van der Waals surface area contributed by atoms with Crippen LogP contribution in [-0.2, 0) is 0 Å². The molecule has 0 spiro atoms. The zero-order valence-corrected chi connectivity index (χ0v) is 13.4. The van der Waals surface area contributed by atoms with E-state index >= 15 is 0 Å². The smallest absolute Gasteiger partial charge is 0.219 e.